The van der Waals surface area contributed by atoms with Gasteiger partial charge >= 0.3 is 5.97 Å². The van der Waals surface area contributed by atoms with E-state index in [1.807, 2.05) is 0 Å². The van der Waals surface area contributed by atoms with Gasteiger partial charge in [-0.3, -0.25) is 4.79 Å². The molecule has 0 radical (unpaired) electrons. The van der Waals surface area contributed by atoms with E-state index in [0.29, 0.717) is 10.7 Å². The van der Waals surface area contributed by atoms with Crippen molar-refractivity contribution in [2.24, 2.45) is 0 Å². The van der Waals surface area contributed by atoms with Crippen LogP contribution in [0, 0.1) is 0 Å². The van der Waals surface area contributed by atoms with Crippen LogP contribution in [0.2, 0.25) is 5.02 Å². The molecule has 0 saturated carbocycles. The van der Waals surface area contributed by atoms with Crippen LogP contribution in [-0.2, 0) is 14.3 Å². The number of carbonyl (C=O) groups is 2. The molecule has 1 aliphatic rings. The van der Waals surface area contributed by atoms with E-state index in [1.54, 1.807) is 24.3 Å². The number of benzene rings is 1. The summed E-state index contributed by atoms with van der Waals surface area (Å²) in [5, 5.41) is 12.3. The predicted molar refractivity (Wildman–Crippen MR) is 60.7 cm³/mol. The molecule has 1 heterocycles. The molecule has 6 heteroatoms. The fraction of sp³-hybridized carbons (Fsp3) is 0.0909. The highest BCUT2D eigenvalue weighted by Gasteiger charge is 2.30. The second-order valence-electron chi connectivity index (χ2n) is 3.36. The van der Waals surface area contributed by atoms with Gasteiger partial charge in [0.25, 0.3) is 5.91 Å². The Hall–Kier alpha value is -2.01. The molecule has 1 amide bonds. The minimum Gasteiger partial charge on any atom is -0.508 e. The standard InChI is InChI=1S/C11H8ClNO4/c12-6-1-3-7(4-2-6)13-10(15)9-8(14)5-17-11(9)16/h1-4,14H,5H2,(H,13,15). The maximum Gasteiger partial charge on any atom is 0.347 e. The Balaban J connectivity index is 2.15. The van der Waals surface area contributed by atoms with Crippen molar-refractivity contribution in [3.8, 4) is 0 Å². The highest BCUT2D eigenvalue weighted by Crippen LogP contribution is 2.18. The fourth-order valence-corrected chi connectivity index (χ4v) is 1.47. The van der Waals surface area contributed by atoms with E-state index in [0.717, 1.165) is 0 Å². The largest absolute Gasteiger partial charge is 0.508 e. The number of ether oxygens (including phenoxy) is 1. The van der Waals surface area contributed by atoms with Gasteiger partial charge in [-0.05, 0) is 24.3 Å². The molecule has 0 spiro atoms. The van der Waals surface area contributed by atoms with Crippen LogP contribution in [0.3, 0.4) is 0 Å². The normalized spacial score (nSPS) is 14.8. The molecule has 0 fully saturated rings. The second kappa shape index (κ2) is 4.47. The summed E-state index contributed by atoms with van der Waals surface area (Å²) in [5.74, 6) is -1.89. The minimum absolute atomic E-state index is 0.262. The molecule has 2 N–H and O–H groups in total. The average molecular weight is 254 g/mol. The summed E-state index contributed by atoms with van der Waals surface area (Å²) in [7, 11) is 0. The van der Waals surface area contributed by atoms with Gasteiger partial charge in [-0.1, -0.05) is 11.6 Å². The van der Waals surface area contributed by atoms with Gasteiger partial charge in [-0.2, -0.15) is 0 Å². The summed E-state index contributed by atoms with van der Waals surface area (Å²) in [6, 6.07) is 6.35. The number of rotatable bonds is 2. The van der Waals surface area contributed by atoms with Crippen LogP contribution in [0.25, 0.3) is 0 Å². The van der Waals surface area contributed by atoms with E-state index >= 15 is 0 Å². The number of aliphatic hydroxyl groups is 1. The first-order valence-electron chi connectivity index (χ1n) is 4.74. The van der Waals surface area contributed by atoms with Gasteiger partial charge in [-0.15, -0.1) is 0 Å². The number of hydrogen-bond acceptors (Lipinski definition) is 4. The van der Waals surface area contributed by atoms with Crippen LogP contribution < -0.4 is 5.32 Å². The molecule has 1 aromatic rings. The summed E-state index contributed by atoms with van der Waals surface area (Å²) in [4.78, 5) is 22.8. The van der Waals surface area contributed by atoms with E-state index < -0.39 is 11.9 Å². The van der Waals surface area contributed by atoms with E-state index in [9.17, 15) is 14.7 Å². The minimum atomic E-state index is -0.825. The molecular weight excluding hydrogens is 246 g/mol. The maximum atomic E-state index is 11.7. The van der Waals surface area contributed by atoms with Gasteiger partial charge in [0.15, 0.2) is 11.3 Å². The van der Waals surface area contributed by atoms with E-state index in [-0.39, 0.29) is 17.9 Å². The Morgan fingerprint density at radius 1 is 1.35 bits per heavy atom. The highest BCUT2D eigenvalue weighted by atomic mass is 35.5. The lowest BCUT2D eigenvalue weighted by atomic mass is 10.2. The Bertz CT molecular complexity index is 507. The fourth-order valence-electron chi connectivity index (χ4n) is 1.35. The molecule has 0 atom stereocenters. The van der Waals surface area contributed by atoms with Crippen molar-refractivity contribution >= 4 is 29.2 Å². The van der Waals surface area contributed by atoms with Crippen molar-refractivity contribution < 1.29 is 19.4 Å². The topological polar surface area (TPSA) is 75.6 Å². The molecule has 1 aliphatic heterocycles. The van der Waals surface area contributed by atoms with Gasteiger partial charge < -0.3 is 15.2 Å². The average Bonchev–Trinajstić information content (AvgIpc) is 2.62. The first-order valence-corrected chi connectivity index (χ1v) is 5.12. The number of halogens is 1. The number of nitrogens with one attached hydrogen (secondary N) is 1. The summed E-state index contributed by atoms with van der Waals surface area (Å²) in [6.07, 6.45) is 0. The Kier molecular flexibility index (Phi) is 3.01. The van der Waals surface area contributed by atoms with E-state index in [2.05, 4.69) is 10.1 Å². The monoisotopic (exact) mass is 253 g/mol. The number of anilines is 1. The first kappa shape index (κ1) is 11.5. The van der Waals surface area contributed by atoms with Gasteiger partial charge in [-0.25, -0.2) is 4.79 Å². The quantitative estimate of drug-likeness (QED) is 0.621. The molecule has 0 saturated heterocycles. The smallest absolute Gasteiger partial charge is 0.347 e. The van der Waals surface area contributed by atoms with Crippen LogP contribution in [0.4, 0.5) is 5.69 Å². The van der Waals surface area contributed by atoms with Crippen molar-refractivity contribution in [3.05, 3.63) is 40.6 Å². The number of amides is 1. The lowest BCUT2D eigenvalue weighted by molar-refractivity contribution is -0.137. The lowest BCUT2D eigenvalue weighted by Gasteiger charge is -2.04. The van der Waals surface area contributed by atoms with Crippen molar-refractivity contribution in [3.63, 3.8) is 0 Å². The van der Waals surface area contributed by atoms with Crippen LogP contribution in [0.1, 0.15) is 0 Å². The van der Waals surface area contributed by atoms with E-state index in [4.69, 9.17) is 11.6 Å². The van der Waals surface area contributed by atoms with Crippen molar-refractivity contribution in [2.45, 2.75) is 0 Å². The summed E-state index contributed by atoms with van der Waals surface area (Å²) >= 11 is 5.69. The van der Waals surface area contributed by atoms with Crippen LogP contribution in [0.15, 0.2) is 35.6 Å². The molecule has 0 aliphatic carbocycles. The molecule has 0 aromatic heterocycles. The molecule has 2 rings (SSSR count). The van der Waals surface area contributed by atoms with Gasteiger partial charge in [0.1, 0.15) is 6.61 Å². The second-order valence-corrected chi connectivity index (χ2v) is 3.80. The SMILES string of the molecule is O=C(Nc1ccc(Cl)cc1)C1=C(O)COC1=O. The molecular formula is C11H8ClNO4. The van der Waals surface area contributed by atoms with Crippen LogP contribution in [-0.4, -0.2) is 23.6 Å². The van der Waals surface area contributed by atoms with Crippen molar-refractivity contribution in [1.29, 1.82) is 0 Å². The Morgan fingerprint density at radius 2 is 2.00 bits per heavy atom. The molecule has 88 valence electrons. The molecule has 17 heavy (non-hydrogen) atoms. The molecule has 5 nitrogen and oxygen atoms in total. The van der Waals surface area contributed by atoms with Crippen molar-refractivity contribution in [2.75, 3.05) is 11.9 Å². The lowest BCUT2D eigenvalue weighted by Crippen LogP contribution is -2.19. The number of cyclic esters (lactones) is 1. The Labute approximate surface area is 102 Å². The van der Waals surface area contributed by atoms with Crippen LogP contribution in [0.5, 0.6) is 0 Å². The van der Waals surface area contributed by atoms with Gasteiger partial charge in [0, 0.05) is 10.7 Å². The Morgan fingerprint density at radius 3 is 2.53 bits per heavy atom. The number of carbonyl (C=O) groups excluding carboxylic acids is 2. The number of aliphatic hydroxyl groups excluding tert-OH is 1. The predicted octanol–water partition coefficient (Wildman–Crippen LogP) is 1.65. The third kappa shape index (κ3) is 2.39. The zero-order valence-corrected chi connectivity index (χ0v) is 9.32. The zero-order valence-electron chi connectivity index (χ0n) is 8.57. The van der Waals surface area contributed by atoms with Crippen LogP contribution >= 0.6 is 11.6 Å². The van der Waals surface area contributed by atoms with E-state index in [1.165, 1.54) is 0 Å². The summed E-state index contributed by atoms with van der Waals surface area (Å²) in [6.45, 7) is -0.262. The van der Waals surface area contributed by atoms with Gasteiger partial charge in [0.05, 0.1) is 0 Å². The first-order chi connectivity index (χ1) is 8.08. The van der Waals surface area contributed by atoms with Crippen molar-refractivity contribution in [1.82, 2.24) is 0 Å². The molecule has 0 bridgehead atoms. The molecule has 1 aromatic carbocycles. The third-order valence-electron chi connectivity index (χ3n) is 2.16. The zero-order chi connectivity index (χ0) is 12.4. The number of esters is 1. The number of hydrogen-bond donors (Lipinski definition) is 2. The maximum absolute atomic E-state index is 11.7. The summed E-state index contributed by atoms with van der Waals surface area (Å²) in [5.41, 5.74) is 0.111. The summed E-state index contributed by atoms with van der Waals surface area (Å²) < 4.78 is 4.51. The van der Waals surface area contributed by atoms with Gasteiger partial charge in [0.2, 0.25) is 0 Å². The molecule has 0 unspecified atom stereocenters. The highest BCUT2D eigenvalue weighted by molar-refractivity contribution is 6.30. The third-order valence-corrected chi connectivity index (χ3v) is 2.41.